The van der Waals surface area contributed by atoms with Crippen LogP contribution in [-0.4, -0.2) is 16.6 Å². The molecule has 62 valence electrons. The summed E-state index contributed by atoms with van der Waals surface area (Å²) >= 11 is 6.60. The highest BCUT2D eigenvalue weighted by Gasteiger charge is 1.92. The number of thiocarbonyl (C=S) groups is 1. The van der Waals surface area contributed by atoms with E-state index in [4.69, 9.17) is 17.5 Å². The van der Waals surface area contributed by atoms with E-state index in [1.165, 1.54) is 0 Å². The van der Waals surface area contributed by atoms with Gasteiger partial charge in [0.05, 0.1) is 6.07 Å². The fourth-order valence-electron chi connectivity index (χ4n) is 0.540. The standard InChI is InChI=1S/C7H12N2S2/c1-2-11-7(10)9-6-4-3-5-8/h2-4,6H2,1H3,(H,9,10). The number of unbranched alkanes of at least 4 members (excludes halogenated alkanes) is 1. The lowest BCUT2D eigenvalue weighted by atomic mass is 10.3. The molecule has 0 saturated heterocycles. The van der Waals surface area contributed by atoms with Crippen molar-refractivity contribution in [3.63, 3.8) is 0 Å². The summed E-state index contributed by atoms with van der Waals surface area (Å²) in [6.45, 7) is 2.88. The largest absolute Gasteiger partial charge is 0.371 e. The van der Waals surface area contributed by atoms with Crippen molar-refractivity contribution in [2.45, 2.75) is 19.8 Å². The van der Waals surface area contributed by atoms with Gasteiger partial charge in [0.2, 0.25) is 0 Å². The number of nitriles is 1. The number of thioether (sulfide) groups is 1. The molecule has 0 aromatic rings. The quantitative estimate of drug-likeness (QED) is 0.540. The Morgan fingerprint density at radius 2 is 2.45 bits per heavy atom. The van der Waals surface area contributed by atoms with Crippen molar-refractivity contribution in [2.75, 3.05) is 12.3 Å². The van der Waals surface area contributed by atoms with E-state index >= 15 is 0 Å². The van der Waals surface area contributed by atoms with E-state index in [1.54, 1.807) is 11.8 Å². The molecule has 0 rings (SSSR count). The van der Waals surface area contributed by atoms with Gasteiger partial charge in [0.15, 0.2) is 0 Å². The van der Waals surface area contributed by atoms with Crippen molar-refractivity contribution >= 4 is 28.3 Å². The molecule has 0 aliphatic heterocycles. The monoisotopic (exact) mass is 188 g/mol. The van der Waals surface area contributed by atoms with Crippen LogP contribution in [0.15, 0.2) is 0 Å². The molecule has 0 aromatic heterocycles. The molecule has 4 heteroatoms. The second-order valence-electron chi connectivity index (χ2n) is 1.91. The Morgan fingerprint density at radius 1 is 1.73 bits per heavy atom. The molecule has 2 nitrogen and oxygen atoms in total. The Balaban J connectivity index is 3.12. The van der Waals surface area contributed by atoms with Crippen molar-refractivity contribution in [3.8, 4) is 6.07 Å². The first-order valence-corrected chi connectivity index (χ1v) is 4.98. The average molecular weight is 188 g/mol. The third-order valence-corrected chi connectivity index (χ3v) is 2.20. The Bertz CT molecular complexity index is 151. The van der Waals surface area contributed by atoms with Crippen LogP contribution in [0.5, 0.6) is 0 Å². The summed E-state index contributed by atoms with van der Waals surface area (Å²) in [4.78, 5) is 0. The van der Waals surface area contributed by atoms with Crippen LogP contribution in [0, 0.1) is 11.3 Å². The molecule has 0 fully saturated rings. The lowest BCUT2D eigenvalue weighted by Gasteiger charge is -2.03. The van der Waals surface area contributed by atoms with Gasteiger partial charge in [0.1, 0.15) is 4.32 Å². The molecule has 0 aromatic carbocycles. The summed E-state index contributed by atoms with van der Waals surface area (Å²) in [6.07, 6.45) is 1.48. The van der Waals surface area contributed by atoms with Gasteiger partial charge in [-0.1, -0.05) is 30.9 Å². The molecule has 0 bridgehead atoms. The summed E-state index contributed by atoms with van der Waals surface area (Å²) in [6, 6.07) is 2.08. The van der Waals surface area contributed by atoms with Gasteiger partial charge >= 0.3 is 0 Å². The van der Waals surface area contributed by atoms with Gasteiger partial charge in [-0.05, 0) is 12.2 Å². The van der Waals surface area contributed by atoms with E-state index in [1.807, 2.05) is 0 Å². The molecule has 1 N–H and O–H groups in total. The number of hydrogen-bond acceptors (Lipinski definition) is 3. The van der Waals surface area contributed by atoms with E-state index in [-0.39, 0.29) is 0 Å². The van der Waals surface area contributed by atoms with Crippen molar-refractivity contribution in [1.82, 2.24) is 5.32 Å². The van der Waals surface area contributed by atoms with Crippen LogP contribution in [0.2, 0.25) is 0 Å². The molecule has 0 amide bonds. The van der Waals surface area contributed by atoms with Gasteiger partial charge in [0, 0.05) is 13.0 Å². The summed E-state index contributed by atoms with van der Waals surface area (Å²) in [5.74, 6) is 1.00. The molecular weight excluding hydrogens is 176 g/mol. The molecule has 0 aliphatic rings. The van der Waals surface area contributed by atoms with E-state index in [9.17, 15) is 0 Å². The molecular formula is C7H12N2S2. The van der Waals surface area contributed by atoms with E-state index in [0.29, 0.717) is 6.42 Å². The zero-order valence-corrected chi connectivity index (χ0v) is 8.23. The predicted molar refractivity (Wildman–Crippen MR) is 53.6 cm³/mol. The highest BCUT2D eigenvalue weighted by molar-refractivity contribution is 8.22. The molecule has 0 unspecified atom stereocenters. The summed E-state index contributed by atoms with van der Waals surface area (Å²) in [5.41, 5.74) is 0. The first-order chi connectivity index (χ1) is 5.31. The highest BCUT2D eigenvalue weighted by atomic mass is 32.2. The van der Waals surface area contributed by atoms with Gasteiger partial charge in [-0.25, -0.2) is 0 Å². The van der Waals surface area contributed by atoms with E-state index < -0.39 is 0 Å². The van der Waals surface area contributed by atoms with Crippen molar-refractivity contribution < 1.29 is 0 Å². The smallest absolute Gasteiger partial charge is 0.133 e. The molecule has 0 aliphatic carbocycles. The number of nitrogens with zero attached hydrogens (tertiary/aromatic N) is 1. The van der Waals surface area contributed by atoms with Crippen molar-refractivity contribution in [2.24, 2.45) is 0 Å². The zero-order chi connectivity index (χ0) is 8.53. The van der Waals surface area contributed by atoms with Crippen LogP contribution in [-0.2, 0) is 0 Å². The van der Waals surface area contributed by atoms with Crippen molar-refractivity contribution in [3.05, 3.63) is 0 Å². The molecule has 0 heterocycles. The van der Waals surface area contributed by atoms with E-state index in [2.05, 4.69) is 18.3 Å². The summed E-state index contributed by atoms with van der Waals surface area (Å²) in [7, 11) is 0. The Labute approximate surface area is 77.4 Å². The van der Waals surface area contributed by atoms with Crippen LogP contribution in [0.3, 0.4) is 0 Å². The lowest BCUT2D eigenvalue weighted by molar-refractivity contribution is 0.804. The Morgan fingerprint density at radius 3 is 3.00 bits per heavy atom. The minimum atomic E-state index is 0.604. The summed E-state index contributed by atoms with van der Waals surface area (Å²) in [5, 5.41) is 11.3. The maximum Gasteiger partial charge on any atom is 0.133 e. The second kappa shape index (κ2) is 7.83. The van der Waals surface area contributed by atoms with Crippen molar-refractivity contribution in [1.29, 1.82) is 5.26 Å². The molecule has 0 saturated carbocycles. The third kappa shape index (κ3) is 7.63. The maximum atomic E-state index is 8.22. The Kier molecular flexibility index (Phi) is 7.64. The predicted octanol–water partition coefficient (Wildman–Crippen LogP) is 1.92. The summed E-state index contributed by atoms with van der Waals surface area (Å²) < 4.78 is 0.838. The molecule has 0 radical (unpaired) electrons. The Hall–Kier alpha value is -0.270. The maximum absolute atomic E-state index is 8.22. The first-order valence-electron chi connectivity index (χ1n) is 3.58. The normalized spacial score (nSPS) is 8.73. The van der Waals surface area contributed by atoms with E-state index in [0.717, 1.165) is 23.0 Å². The zero-order valence-electron chi connectivity index (χ0n) is 6.59. The highest BCUT2D eigenvalue weighted by Crippen LogP contribution is 1.99. The molecule has 0 atom stereocenters. The second-order valence-corrected chi connectivity index (χ2v) is 3.85. The van der Waals surface area contributed by atoms with Gasteiger partial charge in [-0.2, -0.15) is 5.26 Å². The van der Waals surface area contributed by atoms with Gasteiger partial charge in [-0.15, -0.1) is 0 Å². The van der Waals surface area contributed by atoms with Crippen LogP contribution < -0.4 is 5.32 Å². The number of hydrogen-bond donors (Lipinski definition) is 1. The van der Waals surface area contributed by atoms with Gasteiger partial charge in [-0.3, -0.25) is 0 Å². The minimum absolute atomic E-state index is 0.604. The fourth-order valence-corrected chi connectivity index (χ4v) is 1.46. The SMILES string of the molecule is CCSC(=S)NCCCC#N. The fraction of sp³-hybridized carbons (Fsp3) is 0.714. The molecule has 0 spiro atoms. The van der Waals surface area contributed by atoms with Crippen LogP contribution in [0.4, 0.5) is 0 Å². The third-order valence-electron chi connectivity index (χ3n) is 1.01. The van der Waals surface area contributed by atoms with Gasteiger partial charge < -0.3 is 5.32 Å². The lowest BCUT2D eigenvalue weighted by Crippen LogP contribution is -2.19. The van der Waals surface area contributed by atoms with Crippen LogP contribution >= 0.6 is 24.0 Å². The first kappa shape index (κ1) is 10.7. The van der Waals surface area contributed by atoms with Gasteiger partial charge in [0.25, 0.3) is 0 Å². The van der Waals surface area contributed by atoms with Crippen LogP contribution in [0.25, 0.3) is 0 Å². The number of nitrogens with one attached hydrogen (secondary N) is 1. The minimum Gasteiger partial charge on any atom is -0.371 e. The van der Waals surface area contributed by atoms with Crippen LogP contribution in [0.1, 0.15) is 19.8 Å². The average Bonchev–Trinajstić information content (AvgIpc) is 1.99. The molecule has 11 heavy (non-hydrogen) atoms. The number of rotatable bonds is 4. The topological polar surface area (TPSA) is 35.8 Å².